The van der Waals surface area contributed by atoms with Crippen molar-refractivity contribution in [2.24, 2.45) is 0 Å². The maximum atomic E-state index is 12.3. The van der Waals surface area contributed by atoms with Crippen molar-refractivity contribution in [2.45, 2.75) is 27.2 Å². The van der Waals surface area contributed by atoms with Crippen molar-refractivity contribution in [2.75, 3.05) is 11.9 Å². The third kappa shape index (κ3) is 3.52. The summed E-state index contributed by atoms with van der Waals surface area (Å²) < 4.78 is 0. The number of hydrogen-bond donors (Lipinski definition) is 3. The predicted octanol–water partition coefficient (Wildman–Crippen LogP) is 2.42. The van der Waals surface area contributed by atoms with Gasteiger partial charge in [-0.15, -0.1) is 0 Å². The van der Waals surface area contributed by atoms with E-state index in [4.69, 9.17) is 0 Å². The quantitative estimate of drug-likeness (QED) is 0.792. The Hall–Kier alpha value is -2.63. The topological polar surface area (TPSA) is 86.9 Å². The molecular formula is C16H20N4O2. The second kappa shape index (κ2) is 6.89. The highest BCUT2D eigenvalue weighted by atomic mass is 16.2. The predicted molar refractivity (Wildman–Crippen MR) is 85.1 cm³/mol. The van der Waals surface area contributed by atoms with E-state index >= 15 is 0 Å². The smallest absolute Gasteiger partial charge is 0.255 e. The minimum absolute atomic E-state index is 0.174. The lowest BCUT2D eigenvalue weighted by atomic mass is 10.1. The molecule has 1 aromatic heterocycles. The number of carbonyl (C=O) groups excluding carboxylic acids is 2. The molecule has 0 unspecified atom stereocenters. The van der Waals surface area contributed by atoms with Crippen LogP contribution in [0, 0.1) is 13.8 Å². The summed E-state index contributed by atoms with van der Waals surface area (Å²) in [5, 5.41) is 12.5. The van der Waals surface area contributed by atoms with Gasteiger partial charge in [-0.1, -0.05) is 13.0 Å². The van der Waals surface area contributed by atoms with Crippen LogP contribution in [0.15, 0.2) is 24.3 Å². The van der Waals surface area contributed by atoms with Gasteiger partial charge in [0.05, 0.1) is 17.1 Å². The maximum Gasteiger partial charge on any atom is 0.255 e. The fraction of sp³-hybridized carbons (Fsp3) is 0.312. The summed E-state index contributed by atoms with van der Waals surface area (Å²) >= 11 is 0. The first-order valence-electron chi connectivity index (χ1n) is 7.24. The number of nitrogens with zero attached hydrogens (tertiary/aromatic N) is 1. The molecule has 22 heavy (non-hydrogen) atoms. The second-order valence-electron chi connectivity index (χ2n) is 5.10. The fourth-order valence-corrected chi connectivity index (χ4v) is 2.06. The summed E-state index contributed by atoms with van der Waals surface area (Å²) in [6.45, 7) is 6.25. The van der Waals surface area contributed by atoms with E-state index in [-0.39, 0.29) is 11.8 Å². The summed E-state index contributed by atoms with van der Waals surface area (Å²) in [5.74, 6) is -0.440. The molecule has 1 aromatic carbocycles. The number of aryl methyl sites for hydroxylation is 2. The zero-order valence-electron chi connectivity index (χ0n) is 13.0. The minimum atomic E-state index is -0.266. The molecule has 0 aliphatic carbocycles. The highest BCUT2D eigenvalue weighted by molar-refractivity contribution is 6.06. The SMILES string of the molecule is CCCNC(=O)c1cccc(C(=O)Nc2c(C)n[nH]c2C)c1. The largest absolute Gasteiger partial charge is 0.352 e. The molecule has 0 saturated heterocycles. The molecule has 0 bridgehead atoms. The van der Waals surface area contributed by atoms with Crippen LogP contribution in [0.2, 0.25) is 0 Å². The molecule has 0 aliphatic heterocycles. The Morgan fingerprint density at radius 1 is 1.18 bits per heavy atom. The van der Waals surface area contributed by atoms with Crippen molar-refractivity contribution in [1.29, 1.82) is 0 Å². The van der Waals surface area contributed by atoms with Crippen LogP contribution in [0.5, 0.6) is 0 Å². The molecule has 2 aromatic rings. The van der Waals surface area contributed by atoms with E-state index in [0.717, 1.165) is 17.8 Å². The van der Waals surface area contributed by atoms with Crippen LogP contribution >= 0.6 is 0 Å². The number of hydrogen-bond acceptors (Lipinski definition) is 3. The molecule has 0 atom stereocenters. The van der Waals surface area contributed by atoms with Crippen LogP contribution in [-0.4, -0.2) is 28.6 Å². The number of aromatic amines is 1. The summed E-state index contributed by atoms with van der Waals surface area (Å²) in [5.41, 5.74) is 3.10. The number of carbonyl (C=O) groups is 2. The lowest BCUT2D eigenvalue weighted by molar-refractivity contribution is 0.0953. The third-order valence-corrected chi connectivity index (χ3v) is 3.29. The van der Waals surface area contributed by atoms with Crippen LogP contribution in [-0.2, 0) is 0 Å². The first kappa shape index (κ1) is 15.8. The van der Waals surface area contributed by atoms with E-state index in [1.807, 2.05) is 20.8 Å². The molecule has 1 heterocycles. The number of rotatable bonds is 5. The monoisotopic (exact) mass is 300 g/mol. The average molecular weight is 300 g/mol. The lowest BCUT2D eigenvalue weighted by Crippen LogP contribution is -2.24. The Morgan fingerprint density at radius 3 is 2.45 bits per heavy atom. The van der Waals surface area contributed by atoms with Gasteiger partial charge < -0.3 is 10.6 Å². The molecular weight excluding hydrogens is 280 g/mol. The number of H-pyrrole nitrogens is 1. The lowest BCUT2D eigenvalue weighted by Gasteiger charge is -2.07. The van der Waals surface area contributed by atoms with Gasteiger partial charge in [-0.3, -0.25) is 14.7 Å². The maximum absolute atomic E-state index is 12.3. The van der Waals surface area contributed by atoms with E-state index in [2.05, 4.69) is 20.8 Å². The van der Waals surface area contributed by atoms with E-state index in [1.165, 1.54) is 0 Å². The van der Waals surface area contributed by atoms with Gasteiger partial charge in [0, 0.05) is 17.7 Å². The minimum Gasteiger partial charge on any atom is -0.352 e. The molecule has 0 fully saturated rings. The number of nitrogens with one attached hydrogen (secondary N) is 3. The molecule has 116 valence electrons. The number of aromatic nitrogens is 2. The number of anilines is 1. The molecule has 6 heteroatoms. The van der Waals surface area contributed by atoms with Crippen molar-refractivity contribution in [3.05, 3.63) is 46.8 Å². The second-order valence-corrected chi connectivity index (χ2v) is 5.10. The highest BCUT2D eigenvalue weighted by Gasteiger charge is 2.13. The van der Waals surface area contributed by atoms with Crippen LogP contribution in [0.1, 0.15) is 45.4 Å². The molecule has 0 radical (unpaired) electrons. The molecule has 6 nitrogen and oxygen atoms in total. The average Bonchev–Trinajstić information content (AvgIpc) is 2.84. The molecule has 0 saturated carbocycles. The summed E-state index contributed by atoms with van der Waals surface area (Å²) in [6, 6.07) is 6.66. The molecule has 2 rings (SSSR count). The van der Waals surface area contributed by atoms with Crippen molar-refractivity contribution in [1.82, 2.24) is 15.5 Å². The Kier molecular flexibility index (Phi) is 4.93. The van der Waals surface area contributed by atoms with Gasteiger partial charge >= 0.3 is 0 Å². The zero-order chi connectivity index (χ0) is 16.1. The Bertz CT molecular complexity index is 672. The Morgan fingerprint density at radius 2 is 1.86 bits per heavy atom. The van der Waals surface area contributed by atoms with Crippen LogP contribution < -0.4 is 10.6 Å². The van der Waals surface area contributed by atoms with Crippen molar-refractivity contribution >= 4 is 17.5 Å². The van der Waals surface area contributed by atoms with Gasteiger partial charge in [0.2, 0.25) is 0 Å². The molecule has 0 spiro atoms. The summed E-state index contributed by atoms with van der Waals surface area (Å²) in [6.07, 6.45) is 0.866. The van der Waals surface area contributed by atoms with Crippen molar-refractivity contribution in [3.63, 3.8) is 0 Å². The number of amides is 2. The van der Waals surface area contributed by atoms with Gasteiger partial charge in [0.15, 0.2) is 0 Å². The Balaban J connectivity index is 2.15. The Labute approximate surface area is 129 Å². The molecule has 0 aliphatic rings. The first-order chi connectivity index (χ1) is 10.5. The fourth-order valence-electron chi connectivity index (χ4n) is 2.06. The summed E-state index contributed by atoms with van der Waals surface area (Å²) in [4.78, 5) is 24.3. The van der Waals surface area contributed by atoms with Crippen LogP contribution in [0.4, 0.5) is 5.69 Å². The normalized spacial score (nSPS) is 10.3. The van der Waals surface area contributed by atoms with E-state index < -0.39 is 0 Å². The zero-order valence-corrected chi connectivity index (χ0v) is 13.0. The van der Waals surface area contributed by atoms with E-state index in [0.29, 0.717) is 23.4 Å². The van der Waals surface area contributed by atoms with Gasteiger partial charge in [-0.05, 0) is 38.5 Å². The molecule has 3 N–H and O–H groups in total. The first-order valence-corrected chi connectivity index (χ1v) is 7.24. The standard InChI is InChI=1S/C16H20N4O2/c1-4-8-17-15(21)12-6-5-7-13(9-12)16(22)18-14-10(2)19-20-11(14)3/h5-7,9H,4,8H2,1-3H3,(H,17,21)(H,18,22)(H,19,20). The van der Waals surface area contributed by atoms with Gasteiger partial charge in [-0.2, -0.15) is 5.10 Å². The molecule has 2 amide bonds. The summed E-state index contributed by atoms with van der Waals surface area (Å²) in [7, 11) is 0. The van der Waals surface area contributed by atoms with Crippen molar-refractivity contribution < 1.29 is 9.59 Å². The van der Waals surface area contributed by atoms with Gasteiger partial charge in [-0.25, -0.2) is 0 Å². The van der Waals surface area contributed by atoms with Gasteiger partial charge in [0.25, 0.3) is 11.8 Å². The van der Waals surface area contributed by atoms with Crippen LogP contribution in [0.25, 0.3) is 0 Å². The van der Waals surface area contributed by atoms with Gasteiger partial charge in [0.1, 0.15) is 0 Å². The van der Waals surface area contributed by atoms with E-state index in [9.17, 15) is 9.59 Å². The third-order valence-electron chi connectivity index (χ3n) is 3.29. The number of benzene rings is 1. The van der Waals surface area contributed by atoms with E-state index in [1.54, 1.807) is 24.3 Å². The van der Waals surface area contributed by atoms with Crippen molar-refractivity contribution in [3.8, 4) is 0 Å². The van der Waals surface area contributed by atoms with Crippen LogP contribution in [0.3, 0.4) is 0 Å². The highest BCUT2D eigenvalue weighted by Crippen LogP contribution is 2.17.